The normalized spacial score (nSPS) is 11.5. The van der Waals surface area contributed by atoms with Crippen molar-refractivity contribution in [3.63, 3.8) is 0 Å². The lowest BCUT2D eigenvalue weighted by molar-refractivity contribution is 0.590. The molecule has 0 aliphatic heterocycles. The first-order chi connectivity index (χ1) is 14.0. The summed E-state index contributed by atoms with van der Waals surface area (Å²) in [4.78, 5) is 0.180. The molecule has 7 heteroatoms. The van der Waals surface area contributed by atoms with E-state index in [0.29, 0.717) is 17.2 Å². The molecule has 0 radical (unpaired) electrons. The molecule has 6 nitrogen and oxygen atoms in total. The fourth-order valence-electron chi connectivity index (χ4n) is 3.10. The quantitative estimate of drug-likeness (QED) is 0.486. The molecular formula is C22H20N4O2S. The number of aryl methyl sites for hydroxylation is 1. The molecular weight excluding hydrogens is 384 g/mol. The SMILES string of the molecule is C=Cc1ccc(CN(c2ccccc2)S(=O)(=O)c2ccc3nnc(C)n3c2)cc1. The van der Waals surface area contributed by atoms with Gasteiger partial charge in [0, 0.05) is 6.20 Å². The number of rotatable bonds is 6. The molecule has 0 atom stereocenters. The van der Waals surface area contributed by atoms with Gasteiger partial charge in [0.1, 0.15) is 10.7 Å². The zero-order valence-corrected chi connectivity index (χ0v) is 16.7. The van der Waals surface area contributed by atoms with E-state index in [1.807, 2.05) is 42.5 Å². The summed E-state index contributed by atoms with van der Waals surface area (Å²) in [6, 6.07) is 20.0. The Kier molecular flexibility index (Phi) is 4.90. The van der Waals surface area contributed by atoms with Crippen molar-refractivity contribution in [1.82, 2.24) is 14.6 Å². The van der Waals surface area contributed by atoms with Crippen LogP contribution in [0.15, 0.2) is 84.4 Å². The summed E-state index contributed by atoms with van der Waals surface area (Å²) in [6.45, 7) is 5.75. The minimum atomic E-state index is -3.82. The van der Waals surface area contributed by atoms with E-state index in [-0.39, 0.29) is 11.4 Å². The van der Waals surface area contributed by atoms with E-state index >= 15 is 0 Å². The molecule has 0 saturated heterocycles. The first-order valence-corrected chi connectivity index (χ1v) is 10.5. The van der Waals surface area contributed by atoms with Crippen molar-refractivity contribution < 1.29 is 8.42 Å². The van der Waals surface area contributed by atoms with Gasteiger partial charge < -0.3 is 0 Å². The highest BCUT2D eigenvalue weighted by molar-refractivity contribution is 7.92. The monoisotopic (exact) mass is 404 g/mol. The minimum absolute atomic E-state index is 0.180. The lowest BCUT2D eigenvalue weighted by atomic mass is 10.1. The first-order valence-electron chi connectivity index (χ1n) is 9.09. The van der Waals surface area contributed by atoms with Crippen molar-refractivity contribution in [2.75, 3.05) is 4.31 Å². The molecule has 29 heavy (non-hydrogen) atoms. The van der Waals surface area contributed by atoms with Crippen molar-refractivity contribution >= 4 is 27.4 Å². The van der Waals surface area contributed by atoms with Crippen molar-refractivity contribution in [1.29, 1.82) is 0 Å². The number of nitrogens with zero attached hydrogens (tertiary/aromatic N) is 4. The molecule has 4 aromatic rings. The highest BCUT2D eigenvalue weighted by Gasteiger charge is 2.26. The van der Waals surface area contributed by atoms with Gasteiger partial charge in [-0.05, 0) is 42.3 Å². The second-order valence-electron chi connectivity index (χ2n) is 6.63. The lowest BCUT2D eigenvalue weighted by Gasteiger charge is -2.25. The summed E-state index contributed by atoms with van der Waals surface area (Å²) < 4.78 is 30.3. The van der Waals surface area contributed by atoms with Crippen molar-refractivity contribution in [2.24, 2.45) is 0 Å². The Hall–Kier alpha value is -3.45. The molecule has 0 aliphatic carbocycles. The van der Waals surface area contributed by atoms with Crippen LogP contribution in [0.3, 0.4) is 0 Å². The standard InChI is InChI=1S/C22H20N4O2S/c1-3-18-9-11-19(12-10-18)15-26(20-7-5-4-6-8-20)29(27,28)21-13-14-22-24-23-17(2)25(22)16-21/h3-14,16H,1,15H2,2H3. The predicted octanol–water partition coefficient (Wildman–Crippen LogP) is 4.08. The average molecular weight is 404 g/mol. The third kappa shape index (κ3) is 3.64. The summed E-state index contributed by atoms with van der Waals surface area (Å²) in [7, 11) is -3.82. The molecule has 0 spiro atoms. The maximum Gasteiger partial charge on any atom is 0.266 e. The number of pyridine rings is 1. The van der Waals surface area contributed by atoms with Gasteiger partial charge in [0.2, 0.25) is 0 Å². The van der Waals surface area contributed by atoms with Crippen LogP contribution in [-0.4, -0.2) is 23.0 Å². The van der Waals surface area contributed by atoms with Crippen LogP contribution in [0.2, 0.25) is 0 Å². The Bertz CT molecular complexity index is 1260. The fraction of sp³-hybridized carbons (Fsp3) is 0.0909. The van der Waals surface area contributed by atoms with Gasteiger partial charge in [0.15, 0.2) is 5.65 Å². The molecule has 0 unspecified atom stereocenters. The van der Waals surface area contributed by atoms with Crippen LogP contribution in [0.5, 0.6) is 0 Å². The summed E-state index contributed by atoms with van der Waals surface area (Å²) in [5.74, 6) is 0.628. The van der Waals surface area contributed by atoms with Crippen molar-refractivity contribution in [3.8, 4) is 0 Å². The van der Waals surface area contributed by atoms with Crippen LogP contribution in [0, 0.1) is 6.92 Å². The fourth-order valence-corrected chi connectivity index (χ4v) is 4.55. The average Bonchev–Trinajstić information content (AvgIpc) is 3.13. The molecule has 0 bridgehead atoms. The zero-order valence-electron chi connectivity index (χ0n) is 15.9. The van der Waals surface area contributed by atoms with E-state index in [0.717, 1.165) is 11.1 Å². The van der Waals surface area contributed by atoms with E-state index in [2.05, 4.69) is 16.8 Å². The zero-order chi connectivity index (χ0) is 20.4. The Balaban J connectivity index is 1.79. The molecule has 0 amide bonds. The molecule has 2 aromatic heterocycles. The number of benzene rings is 2. The third-order valence-corrected chi connectivity index (χ3v) is 6.48. The number of aromatic nitrogens is 3. The number of fused-ring (bicyclic) bond motifs is 1. The van der Waals surface area contributed by atoms with Crippen LogP contribution in [0.1, 0.15) is 17.0 Å². The van der Waals surface area contributed by atoms with Gasteiger partial charge >= 0.3 is 0 Å². The molecule has 0 N–H and O–H groups in total. The van der Waals surface area contributed by atoms with Gasteiger partial charge in [-0.15, -0.1) is 10.2 Å². The summed E-state index contributed by atoms with van der Waals surface area (Å²) >= 11 is 0. The molecule has 0 fully saturated rings. The first kappa shape index (κ1) is 18.9. The molecule has 4 rings (SSSR count). The van der Waals surface area contributed by atoms with E-state index in [1.54, 1.807) is 47.9 Å². The largest absolute Gasteiger partial charge is 0.285 e. The van der Waals surface area contributed by atoms with Crippen molar-refractivity contribution in [2.45, 2.75) is 18.4 Å². The summed E-state index contributed by atoms with van der Waals surface area (Å²) in [6.07, 6.45) is 3.32. The van der Waals surface area contributed by atoms with Gasteiger partial charge in [-0.25, -0.2) is 8.42 Å². The van der Waals surface area contributed by atoms with Gasteiger partial charge in [-0.1, -0.05) is 55.1 Å². The Morgan fingerprint density at radius 1 is 1.00 bits per heavy atom. The van der Waals surface area contributed by atoms with Gasteiger partial charge in [-0.2, -0.15) is 0 Å². The summed E-state index contributed by atoms with van der Waals surface area (Å²) in [5.41, 5.74) is 3.06. The predicted molar refractivity (Wildman–Crippen MR) is 114 cm³/mol. The molecule has 0 saturated carbocycles. The molecule has 0 aliphatic rings. The van der Waals surface area contributed by atoms with E-state index < -0.39 is 10.0 Å². The Morgan fingerprint density at radius 2 is 1.72 bits per heavy atom. The van der Waals surface area contributed by atoms with Crippen LogP contribution in [0.4, 0.5) is 5.69 Å². The number of sulfonamides is 1. The van der Waals surface area contributed by atoms with E-state index in [1.165, 1.54) is 4.31 Å². The molecule has 146 valence electrons. The minimum Gasteiger partial charge on any atom is -0.285 e. The van der Waals surface area contributed by atoms with Crippen LogP contribution < -0.4 is 4.31 Å². The summed E-state index contributed by atoms with van der Waals surface area (Å²) in [5, 5.41) is 8.03. The second-order valence-corrected chi connectivity index (χ2v) is 8.50. The van der Waals surface area contributed by atoms with Crippen molar-refractivity contribution in [3.05, 3.63) is 96.5 Å². The van der Waals surface area contributed by atoms with Gasteiger partial charge in [0.05, 0.1) is 12.2 Å². The van der Waals surface area contributed by atoms with E-state index in [9.17, 15) is 8.42 Å². The maximum absolute atomic E-state index is 13.6. The smallest absolute Gasteiger partial charge is 0.266 e. The number of anilines is 1. The third-order valence-electron chi connectivity index (χ3n) is 4.72. The number of para-hydroxylation sites is 1. The highest BCUT2D eigenvalue weighted by atomic mass is 32.2. The Morgan fingerprint density at radius 3 is 2.41 bits per heavy atom. The number of hydrogen-bond acceptors (Lipinski definition) is 4. The molecule has 2 aromatic carbocycles. The van der Waals surface area contributed by atoms with Crippen LogP contribution in [0.25, 0.3) is 11.7 Å². The number of hydrogen-bond donors (Lipinski definition) is 0. The maximum atomic E-state index is 13.6. The van der Waals surface area contributed by atoms with Gasteiger partial charge in [-0.3, -0.25) is 8.71 Å². The Labute approximate surface area is 169 Å². The molecule has 2 heterocycles. The lowest BCUT2D eigenvalue weighted by Crippen LogP contribution is -2.30. The van der Waals surface area contributed by atoms with Crippen LogP contribution >= 0.6 is 0 Å². The van der Waals surface area contributed by atoms with Crippen LogP contribution in [-0.2, 0) is 16.6 Å². The topological polar surface area (TPSA) is 67.6 Å². The van der Waals surface area contributed by atoms with Gasteiger partial charge in [0.25, 0.3) is 10.0 Å². The highest BCUT2D eigenvalue weighted by Crippen LogP contribution is 2.26. The van der Waals surface area contributed by atoms with E-state index in [4.69, 9.17) is 0 Å². The second kappa shape index (κ2) is 7.52.